The number of carbonyl (C=O) groups is 1. The van der Waals surface area contributed by atoms with Gasteiger partial charge in [-0.25, -0.2) is 4.79 Å². The van der Waals surface area contributed by atoms with Crippen LogP contribution in [0, 0.1) is 10.1 Å². The zero-order chi connectivity index (χ0) is 12.4. The summed E-state index contributed by atoms with van der Waals surface area (Å²) < 4.78 is 4.83. The molecule has 6 heteroatoms. The standard InChI is InChI=1S/C11H10N2O4/c1-2-17-11(14)9-8(13(15)16)4-3-7-5-6-12-10(7)9/h3-6,12H,2H2,1H3. The minimum Gasteiger partial charge on any atom is -0.462 e. The Kier molecular flexibility index (Phi) is 2.78. The molecule has 0 fully saturated rings. The van der Waals surface area contributed by atoms with Crippen LogP contribution in [0.1, 0.15) is 17.3 Å². The predicted octanol–water partition coefficient (Wildman–Crippen LogP) is 2.25. The van der Waals surface area contributed by atoms with Crippen molar-refractivity contribution in [1.29, 1.82) is 0 Å². The second-order valence-corrected chi connectivity index (χ2v) is 3.38. The van der Waals surface area contributed by atoms with E-state index in [2.05, 4.69) is 4.98 Å². The molecule has 1 aromatic carbocycles. The molecule has 2 aromatic rings. The van der Waals surface area contributed by atoms with E-state index >= 15 is 0 Å². The number of benzene rings is 1. The highest BCUT2D eigenvalue weighted by molar-refractivity contribution is 6.06. The maximum Gasteiger partial charge on any atom is 0.347 e. The minimum absolute atomic E-state index is 0.0284. The maximum atomic E-state index is 11.7. The lowest BCUT2D eigenvalue weighted by Crippen LogP contribution is -2.08. The molecule has 1 N–H and O–H groups in total. The monoisotopic (exact) mass is 234 g/mol. The Bertz CT molecular complexity index is 588. The lowest BCUT2D eigenvalue weighted by molar-refractivity contribution is -0.385. The average Bonchev–Trinajstić information content (AvgIpc) is 2.75. The molecule has 0 atom stereocenters. The molecular weight excluding hydrogens is 224 g/mol. The van der Waals surface area contributed by atoms with Crippen molar-refractivity contribution in [2.45, 2.75) is 6.92 Å². The van der Waals surface area contributed by atoms with E-state index in [4.69, 9.17) is 4.74 Å². The SMILES string of the molecule is CCOC(=O)c1c([N+](=O)[O-])ccc2cc[nH]c12. The van der Waals surface area contributed by atoms with Crippen molar-refractivity contribution in [2.75, 3.05) is 6.61 Å². The van der Waals surface area contributed by atoms with E-state index in [-0.39, 0.29) is 17.9 Å². The van der Waals surface area contributed by atoms with Gasteiger partial charge in [0.25, 0.3) is 5.69 Å². The minimum atomic E-state index is -0.688. The zero-order valence-electron chi connectivity index (χ0n) is 9.10. The molecule has 1 aromatic heterocycles. The third-order valence-corrected chi connectivity index (χ3v) is 2.38. The normalized spacial score (nSPS) is 10.4. The van der Waals surface area contributed by atoms with Gasteiger partial charge in [-0.2, -0.15) is 0 Å². The van der Waals surface area contributed by atoms with Crippen molar-refractivity contribution < 1.29 is 14.5 Å². The van der Waals surface area contributed by atoms with E-state index in [1.54, 1.807) is 25.3 Å². The van der Waals surface area contributed by atoms with Gasteiger partial charge in [0.2, 0.25) is 0 Å². The van der Waals surface area contributed by atoms with Crippen LogP contribution in [-0.2, 0) is 4.74 Å². The number of hydrogen-bond acceptors (Lipinski definition) is 4. The first-order chi connectivity index (χ1) is 8.15. The summed E-state index contributed by atoms with van der Waals surface area (Å²) in [5.41, 5.74) is 0.149. The molecule has 0 aliphatic carbocycles. The Morgan fingerprint density at radius 3 is 2.88 bits per heavy atom. The quantitative estimate of drug-likeness (QED) is 0.501. The molecule has 17 heavy (non-hydrogen) atoms. The Labute approximate surface area is 96.3 Å². The molecule has 6 nitrogen and oxygen atoms in total. The highest BCUT2D eigenvalue weighted by Gasteiger charge is 2.24. The number of aromatic nitrogens is 1. The van der Waals surface area contributed by atoms with Gasteiger partial charge in [0.15, 0.2) is 5.56 Å². The number of carbonyl (C=O) groups excluding carboxylic acids is 1. The van der Waals surface area contributed by atoms with Gasteiger partial charge in [0, 0.05) is 17.6 Å². The lowest BCUT2D eigenvalue weighted by atomic mass is 10.1. The first kappa shape index (κ1) is 11.1. The van der Waals surface area contributed by atoms with E-state index in [1.807, 2.05) is 0 Å². The fraction of sp³-hybridized carbons (Fsp3) is 0.182. The Balaban J connectivity index is 2.69. The summed E-state index contributed by atoms with van der Waals surface area (Å²) in [6.07, 6.45) is 1.62. The Hall–Kier alpha value is -2.37. The first-order valence-electron chi connectivity index (χ1n) is 5.06. The van der Waals surface area contributed by atoms with Crippen LogP contribution in [0.4, 0.5) is 5.69 Å². The smallest absolute Gasteiger partial charge is 0.347 e. The van der Waals surface area contributed by atoms with Gasteiger partial charge >= 0.3 is 5.97 Å². The van der Waals surface area contributed by atoms with Crippen LogP contribution < -0.4 is 0 Å². The molecule has 0 amide bonds. The van der Waals surface area contributed by atoms with Crippen molar-refractivity contribution >= 4 is 22.6 Å². The molecule has 0 bridgehead atoms. The summed E-state index contributed by atoms with van der Waals surface area (Å²) in [4.78, 5) is 24.8. The molecule has 0 spiro atoms. The topological polar surface area (TPSA) is 85.2 Å². The molecule has 0 aliphatic heterocycles. The summed E-state index contributed by atoms with van der Waals surface area (Å²) in [5.74, 6) is -0.688. The zero-order valence-corrected chi connectivity index (χ0v) is 9.10. The highest BCUT2D eigenvalue weighted by Crippen LogP contribution is 2.27. The second-order valence-electron chi connectivity index (χ2n) is 3.38. The first-order valence-corrected chi connectivity index (χ1v) is 5.06. The number of nitro benzene ring substituents is 1. The number of hydrogen-bond donors (Lipinski definition) is 1. The van der Waals surface area contributed by atoms with E-state index in [1.165, 1.54) is 6.07 Å². The molecule has 0 radical (unpaired) electrons. The van der Waals surface area contributed by atoms with Crippen LogP contribution in [0.2, 0.25) is 0 Å². The van der Waals surface area contributed by atoms with Crippen LogP contribution >= 0.6 is 0 Å². The summed E-state index contributed by atoms with van der Waals surface area (Å²) in [6.45, 7) is 1.83. The van der Waals surface area contributed by atoms with E-state index < -0.39 is 10.9 Å². The lowest BCUT2D eigenvalue weighted by Gasteiger charge is -2.04. The van der Waals surface area contributed by atoms with E-state index in [0.29, 0.717) is 5.52 Å². The van der Waals surface area contributed by atoms with Gasteiger partial charge in [-0.1, -0.05) is 0 Å². The third kappa shape index (κ3) is 1.84. The average molecular weight is 234 g/mol. The van der Waals surface area contributed by atoms with Crippen molar-refractivity contribution in [1.82, 2.24) is 4.98 Å². The van der Waals surface area contributed by atoms with Gasteiger partial charge < -0.3 is 9.72 Å². The number of nitrogens with one attached hydrogen (secondary N) is 1. The summed E-state index contributed by atoms with van der Waals surface area (Å²) in [6, 6.07) is 4.64. The van der Waals surface area contributed by atoms with Crippen molar-refractivity contribution in [3.05, 3.63) is 40.1 Å². The number of nitrogens with zero attached hydrogens (tertiary/aromatic N) is 1. The molecule has 0 unspecified atom stereocenters. The van der Waals surface area contributed by atoms with Crippen LogP contribution in [0.15, 0.2) is 24.4 Å². The number of nitro groups is 1. The van der Waals surface area contributed by atoms with Gasteiger partial charge in [0.05, 0.1) is 17.0 Å². The number of ether oxygens (including phenoxy) is 1. The molecule has 0 saturated heterocycles. The van der Waals surface area contributed by atoms with Crippen molar-refractivity contribution in [2.24, 2.45) is 0 Å². The third-order valence-electron chi connectivity index (χ3n) is 2.38. The van der Waals surface area contributed by atoms with Crippen LogP contribution in [-0.4, -0.2) is 22.5 Å². The van der Waals surface area contributed by atoms with Gasteiger partial charge in [-0.3, -0.25) is 10.1 Å². The fourth-order valence-electron chi connectivity index (χ4n) is 1.68. The van der Waals surface area contributed by atoms with Crippen LogP contribution in [0.25, 0.3) is 10.9 Å². The molecule has 0 saturated carbocycles. The summed E-state index contributed by atoms with van der Waals surface area (Å²) >= 11 is 0. The van der Waals surface area contributed by atoms with E-state index in [9.17, 15) is 14.9 Å². The summed E-state index contributed by atoms with van der Waals surface area (Å²) in [7, 11) is 0. The van der Waals surface area contributed by atoms with Crippen LogP contribution in [0.3, 0.4) is 0 Å². The highest BCUT2D eigenvalue weighted by atomic mass is 16.6. The Morgan fingerprint density at radius 2 is 2.24 bits per heavy atom. The van der Waals surface area contributed by atoms with Crippen molar-refractivity contribution in [3.63, 3.8) is 0 Å². The number of esters is 1. The second kappa shape index (κ2) is 4.25. The van der Waals surface area contributed by atoms with Gasteiger partial charge in [0.1, 0.15) is 0 Å². The fourth-order valence-corrected chi connectivity index (χ4v) is 1.68. The predicted molar refractivity (Wildman–Crippen MR) is 60.9 cm³/mol. The number of aromatic amines is 1. The maximum absolute atomic E-state index is 11.7. The number of rotatable bonds is 3. The van der Waals surface area contributed by atoms with E-state index in [0.717, 1.165) is 5.39 Å². The number of H-pyrrole nitrogens is 1. The van der Waals surface area contributed by atoms with Gasteiger partial charge in [-0.05, 0) is 19.1 Å². The summed E-state index contributed by atoms with van der Waals surface area (Å²) in [5, 5.41) is 11.6. The van der Waals surface area contributed by atoms with Crippen molar-refractivity contribution in [3.8, 4) is 0 Å². The molecule has 2 rings (SSSR count). The molecule has 0 aliphatic rings. The van der Waals surface area contributed by atoms with Gasteiger partial charge in [-0.15, -0.1) is 0 Å². The largest absolute Gasteiger partial charge is 0.462 e. The molecular formula is C11H10N2O4. The molecule has 88 valence electrons. The molecule has 1 heterocycles. The Morgan fingerprint density at radius 1 is 1.47 bits per heavy atom. The van der Waals surface area contributed by atoms with Crippen LogP contribution in [0.5, 0.6) is 0 Å². The number of fused-ring (bicyclic) bond motifs is 1.